The van der Waals surface area contributed by atoms with E-state index in [1.54, 1.807) is 12.4 Å². The van der Waals surface area contributed by atoms with Crippen molar-refractivity contribution in [2.24, 2.45) is 5.92 Å². The third kappa shape index (κ3) is 1.45. The van der Waals surface area contributed by atoms with Gasteiger partial charge in [-0.05, 0) is 23.6 Å². The standard InChI is InChI=1S/C18H15N3O/c22-18-14(7-11-5-6-19-8-15(11)18)17-13-4-2-1-3-12(13)16-9-20-10-21(16)17/h1-6,8-10,14,17-18,22H,7H2/t14-,17+,18-/m1/s1. The van der Waals surface area contributed by atoms with Gasteiger partial charge >= 0.3 is 0 Å². The maximum atomic E-state index is 10.8. The first-order chi connectivity index (χ1) is 10.8. The van der Waals surface area contributed by atoms with Crippen LogP contribution in [0, 0.1) is 5.92 Å². The monoisotopic (exact) mass is 289 g/mol. The van der Waals surface area contributed by atoms with E-state index in [2.05, 4.69) is 38.8 Å². The Bertz CT molecular complexity index is 870. The lowest BCUT2D eigenvalue weighted by molar-refractivity contribution is 0.101. The van der Waals surface area contributed by atoms with E-state index in [1.807, 2.05) is 18.6 Å². The van der Waals surface area contributed by atoms with Gasteiger partial charge in [0.25, 0.3) is 0 Å². The molecule has 0 amide bonds. The van der Waals surface area contributed by atoms with Crippen molar-refractivity contribution in [3.05, 3.63) is 71.9 Å². The second-order valence-electron chi connectivity index (χ2n) is 6.11. The molecular weight excluding hydrogens is 274 g/mol. The summed E-state index contributed by atoms with van der Waals surface area (Å²) >= 11 is 0. The molecule has 22 heavy (non-hydrogen) atoms. The van der Waals surface area contributed by atoms with Crippen molar-refractivity contribution in [3.63, 3.8) is 0 Å². The fraction of sp³-hybridized carbons (Fsp3) is 0.222. The van der Waals surface area contributed by atoms with E-state index in [-0.39, 0.29) is 12.0 Å². The molecule has 0 radical (unpaired) electrons. The van der Waals surface area contributed by atoms with E-state index in [9.17, 15) is 5.11 Å². The van der Waals surface area contributed by atoms with Crippen LogP contribution in [0.3, 0.4) is 0 Å². The van der Waals surface area contributed by atoms with E-state index < -0.39 is 6.10 Å². The number of hydrogen-bond acceptors (Lipinski definition) is 3. The first kappa shape index (κ1) is 12.1. The number of fused-ring (bicyclic) bond motifs is 4. The number of hydrogen-bond donors (Lipinski definition) is 1. The lowest BCUT2D eigenvalue weighted by Crippen LogP contribution is -2.21. The molecule has 0 saturated heterocycles. The van der Waals surface area contributed by atoms with Crippen molar-refractivity contribution < 1.29 is 5.11 Å². The Morgan fingerprint density at radius 2 is 1.95 bits per heavy atom. The molecule has 1 N–H and O–H groups in total. The van der Waals surface area contributed by atoms with Crippen LogP contribution in [0.4, 0.5) is 0 Å². The van der Waals surface area contributed by atoms with E-state index in [1.165, 1.54) is 16.7 Å². The molecule has 0 unspecified atom stereocenters. The van der Waals surface area contributed by atoms with Crippen LogP contribution in [-0.4, -0.2) is 19.6 Å². The Kier molecular flexibility index (Phi) is 2.35. The van der Waals surface area contributed by atoms with Gasteiger partial charge in [-0.1, -0.05) is 24.3 Å². The van der Waals surface area contributed by atoms with Gasteiger partial charge < -0.3 is 9.67 Å². The fourth-order valence-corrected chi connectivity index (χ4v) is 4.08. The lowest BCUT2D eigenvalue weighted by Gasteiger charge is -2.25. The van der Waals surface area contributed by atoms with Crippen LogP contribution in [0.2, 0.25) is 0 Å². The van der Waals surface area contributed by atoms with Gasteiger partial charge in [0.05, 0.1) is 30.4 Å². The average Bonchev–Trinajstić information content (AvgIpc) is 3.21. The van der Waals surface area contributed by atoms with Gasteiger partial charge in [-0.3, -0.25) is 4.98 Å². The minimum Gasteiger partial charge on any atom is -0.388 e. The van der Waals surface area contributed by atoms with Crippen molar-refractivity contribution in [1.29, 1.82) is 0 Å². The molecule has 3 aromatic rings. The maximum absolute atomic E-state index is 10.8. The number of benzene rings is 1. The summed E-state index contributed by atoms with van der Waals surface area (Å²) in [6, 6.07) is 10.6. The van der Waals surface area contributed by atoms with Crippen LogP contribution < -0.4 is 0 Å². The Balaban J connectivity index is 1.66. The second kappa shape index (κ2) is 4.27. The molecule has 3 atom stereocenters. The molecule has 0 spiro atoms. The first-order valence-electron chi connectivity index (χ1n) is 7.56. The summed E-state index contributed by atoms with van der Waals surface area (Å²) in [4.78, 5) is 8.47. The third-order valence-corrected chi connectivity index (χ3v) is 5.05. The van der Waals surface area contributed by atoms with Gasteiger partial charge in [-0.25, -0.2) is 4.98 Å². The minimum absolute atomic E-state index is 0.121. The predicted molar refractivity (Wildman–Crippen MR) is 82.2 cm³/mol. The minimum atomic E-state index is -0.477. The molecule has 0 bridgehead atoms. The number of imidazole rings is 1. The Morgan fingerprint density at radius 1 is 1.05 bits per heavy atom. The summed E-state index contributed by atoms with van der Waals surface area (Å²) < 4.78 is 2.21. The van der Waals surface area contributed by atoms with Gasteiger partial charge in [0.2, 0.25) is 0 Å². The SMILES string of the molecule is O[C@H]1c2cnccc2C[C@@H]1[C@@H]1c2ccccc2-c2cncn21. The zero-order valence-corrected chi connectivity index (χ0v) is 11.9. The summed E-state index contributed by atoms with van der Waals surface area (Å²) in [5, 5.41) is 10.8. The maximum Gasteiger partial charge on any atom is 0.0956 e. The van der Waals surface area contributed by atoms with Crippen molar-refractivity contribution in [2.45, 2.75) is 18.6 Å². The zero-order valence-electron chi connectivity index (χ0n) is 11.9. The molecule has 0 saturated carbocycles. The Labute approximate surface area is 128 Å². The van der Waals surface area contributed by atoms with Crippen molar-refractivity contribution in [1.82, 2.24) is 14.5 Å². The molecule has 108 valence electrons. The summed E-state index contributed by atoms with van der Waals surface area (Å²) in [6.07, 6.45) is 7.79. The predicted octanol–water partition coefficient (Wildman–Crippen LogP) is 2.75. The van der Waals surface area contributed by atoms with Crippen LogP contribution in [-0.2, 0) is 6.42 Å². The molecule has 1 aliphatic carbocycles. The number of nitrogens with zero attached hydrogens (tertiary/aromatic N) is 3. The van der Waals surface area contributed by atoms with E-state index >= 15 is 0 Å². The smallest absolute Gasteiger partial charge is 0.0956 e. The molecule has 1 aliphatic heterocycles. The second-order valence-corrected chi connectivity index (χ2v) is 6.11. The number of rotatable bonds is 1. The molecule has 2 aromatic heterocycles. The first-order valence-corrected chi connectivity index (χ1v) is 7.56. The zero-order chi connectivity index (χ0) is 14.7. The highest BCUT2D eigenvalue weighted by atomic mass is 16.3. The number of aliphatic hydroxyl groups excluding tert-OH is 1. The summed E-state index contributed by atoms with van der Waals surface area (Å²) in [5.74, 6) is 0.121. The van der Waals surface area contributed by atoms with Crippen LogP contribution in [0.25, 0.3) is 11.3 Å². The Hall–Kier alpha value is -2.46. The van der Waals surface area contributed by atoms with Crippen LogP contribution in [0.5, 0.6) is 0 Å². The van der Waals surface area contributed by atoms with Gasteiger partial charge in [0.15, 0.2) is 0 Å². The van der Waals surface area contributed by atoms with Gasteiger partial charge in [-0.2, -0.15) is 0 Å². The Morgan fingerprint density at radius 3 is 2.86 bits per heavy atom. The summed E-state index contributed by atoms with van der Waals surface area (Å²) in [5.41, 5.74) is 5.83. The summed E-state index contributed by atoms with van der Waals surface area (Å²) in [7, 11) is 0. The number of pyridine rings is 1. The van der Waals surface area contributed by atoms with Crippen molar-refractivity contribution >= 4 is 0 Å². The van der Waals surface area contributed by atoms with E-state index in [0.717, 1.165) is 17.7 Å². The quantitative estimate of drug-likeness (QED) is 0.749. The molecule has 4 heteroatoms. The molecule has 0 fully saturated rings. The highest BCUT2D eigenvalue weighted by Crippen LogP contribution is 2.50. The van der Waals surface area contributed by atoms with E-state index in [0.29, 0.717) is 0 Å². The highest BCUT2D eigenvalue weighted by Gasteiger charge is 2.42. The molecular formula is C18H15N3O. The van der Waals surface area contributed by atoms with Gasteiger partial charge in [0.1, 0.15) is 0 Å². The van der Waals surface area contributed by atoms with E-state index in [4.69, 9.17) is 0 Å². The van der Waals surface area contributed by atoms with Crippen molar-refractivity contribution in [3.8, 4) is 11.3 Å². The largest absolute Gasteiger partial charge is 0.388 e. The molecule has 4 nitrogen and oxygen atoms in total. The lowest BCUT2D eigenvalue weighted by atomic mass is 9.88. The molecule has 3 heterocycles. The van der Waals surface area contributed by atoms with Crippen LogP contribution in [0.1, 0.15) is 28.8 Å². The molecule has 5 rings (SSSR count). The molecule has 1 aromatic carbocycles. The van der Waals surface area contributed by atoms with Crippen molar-refractivity contribution in [2.75, 3.05) is 0 Å². The highest BCUT2D eigenvalue weighted by molar-refractivity contribution is 5.69. The number of aromatic nitrogens is 3. The van der Waals surface area contributed by atoms with Gasteiger partial charge in [-0.15, -0.1) is 0 Å². The third-order valence-electron chi connectivity index (χ3n) is 5.05. The molecule has 2 aliphatic rings. The number of aliphatic hydroxyl groups is 1. The van der Waals surface area contributed by atoms with Gasteiger partial charge in [0, 0.05) is 29.4 Å². The average molecular weight is 289 g/mol. The summed E-state index contributed by atoms with van der Waals surface area (Å²) in [6.45, 7) is 0. The van der Waals surface area contributed by atoms with Crippen LogP contribution >= 0.6 is 0 Å². The topological polar surface area (TPSA) is 50.9 Å². The normalized spacial score (nSPS) is 24.9. The fourth-order valence-electron chi connectivity index (χ4n) is 4.08. The van der Waals surface area contributed by atoms with Crippen LogP contribution in [0.15, 0.2) is 55.2 Å².